The first-order valence-corrected chi connectivity index (χ1v) is 9.60. The van der Waals surface area contributed by atoms with Gasteiger partial charge in [0.2, 0.25) is 0 Å². The molecule has 1 saturated carbocycles. The van der Waals surface area contributed by atoms with Gasteiger partial charge in [0.1, 0.15) is 0 Å². The normalized spacial score (nSPS) is 34.9. The summed E-state index contributed by atoms with van der Waals surface area (Å²) in [5, 5.41) is 0. The molecule has 2 bridgehead atoms. The Hall–Kier alpha value is -1.45. The first-order valence-electron chi connectivity index (χ1n) is 9.60. The van der Waals surface area contributed by atoms with Crippen molar-refractivity contribution in [1.82, 2.24) is 4.90 Å². The molecule has 4 rings (SSSR count). The van der Waals surface area contributed by atoms with E-state index in [0.717, 1.165) is 38.0 Å². The third kappa shape index (κ3) is 2.29. The van der Waals surface area contributed by atoms with E-state index in [2.05, 4.69) is 11.0 Å². The summed E-state index contributed by atoms with van der Waals surface area (Å²) in [5.74, 6) is 1.73. The SMILES string of the molecule is CCOC(=O)N1CC[C@@]23CCCC[C@@H]2[C@@H]1CC1=C3C=C(OC)CC1. The van der Waals surface area contributed by atoms with Gasteiger partial charge < -0.3 is 14.4 Å². The Labute approximate surface area is 144 Å². The van der Waals surface area contributed by atoms with Gasteiger partial charge in [0.25, 0.3) is 0 Å². The maximum Gasteiger partial charge on any atom is 0.410 e. The Kier molecular flexibility index (Phi) is 4.09. The third-order valence-electron chi connectivity index (χ3n) is 6.88. The van der Waals surface area contributed by atoms with E-state index < -0.39 is 0 Å². The summed E-state index contributed by atoms with van der Waals surface area (Å²) < 4.78 is 10.9. The Morgan fingerprint density at radius 2 is 2.21 bits per heavy atom. The molecule has 2 fully saturated rings. The van der Waals surface area contributed by atoms with Gasteiger partial charge in [-0.25, -0.2) is 4.79 Å². The lowest BCUT2D eigenvalue weighted by molar-refractivity contribution is -0.0318. The molecule has 4 nitrogen and oxygen atoms in total. The molecule has 3 aliphatic carbocycles. The molecular weight excluding hydrogens is 302 g/mol. The number of allylic oxidation sites excluding steroid dienone is 3. The van der Waals surface area contributed by atoms with Gasteiger partial charge in [0, 0.05) is 24.4 Å². The molecule has 0 spiro atoms. The van der Waals surface area contributed by atoms with E-state index in [9.17, 15) is 4.79 Å². The molecule has 0 radical (unpaired) electrons. The van der Waals surface area contributed by atoms with E-state index >= 15 is 0 Å². The number of likely N-dealkylation sites (tertiary alicyclic amines) is 1. The van der Waals surface area contributed by atoms with Crippen molar-refractivity contribution >= 4 is 6.09 Å². The lowest BCUT2D eigenvalue weighted by atomic mass is 9.51. The fourth-order valence-electron chi connectivity index (χ4n) is 5.86. The van der Waals surface area contributed by atoms with Crippen molar-refractivity contribution in [3.05, 3.63) is 23.0 Å². The van der Waals surface area contributed by atoms with Crippen LogP contribution in [0, 0.1) is 11.3 Å². The third-order valence-corrected chi connectivity index (χ3v) is 6.88. The molecule has 0 unspecified atom stereocenters. The van der Waals surface area contributed by atoms with Gasteiger partial charge in [-0.15, -0.1) is 0 Å². The summed E-state index contributed by atoms with van der Waals surface area (Å²) in [7, 11) is 1.79. The highest BCUT2D eigenvalue weighted by atomic mass is 16.6. The van der Waals surface area contributed by atoms with Crippen LogP contribution < -0.4 is 0 Å². The van der Waals surface area contributed by atoms with Crippen LogP contribution in [0.5, 0.6) is 0 Å². The predicted molar refractivity (Wildman–Crippen MR) is 92.5 cm³/mol. The highest BCUT2D eigenvalue weighted by molar-refractivity contribution is 5.69. The van der Waals surface area contributed by atoms with Crippen molar-refractivity contribution in [3.8, 4) is 0 Å². The molecule has 132 valence electrons. The number of methoxy groups -OCH3 is 1. The minimum absolute atomic E-state index is 0.102. The van der Waals surface area contributed by atoms with Crippen LogP contribution in [0.1, 0.15) is 58.3 Å². The van der Waals surface area contributed by atoms with Crippen molar-refractivity contribution in [2.24, 2.45) is 11.3 Å². The van der Waals surface area contributed by atoms with Gasteiger partial charge in [-0.2, -0.15) is 0 Å². The standard InChI is InChI=1S/C20H29NO3/c1-3-24-19(22)21-11-10-20-9-5-4-6-16(20)18(21)12-14-7-8-15(23-2)13-17(14)20/h13,16,18H,3-12H2,1-2H3/t16-,18+,20+/m1/s1. The topological polar surface area (TPSA) is 38.8 Å². The van der Waals surface area contributed by atoms with Gasteiger partial charge in [0.05, 0.1) is 19.5 Å². The zero-order chi connectivity index (χ0) is 16.7. The van der Waals surface area contributed by atoms with Crippen LogP contribution in [0.3, 0.4) is 0 Å². The van der Waals surface area contributed by atoms with Crippen LogP contribution in [-0.2, 0) is 9.47 Å². The highest BCUT2D eigenvalue weighted by Crippen LogP contribution is 2.60. The second-order valence-corrected chi connectivity index (χ2v) is 7.75. The van der Waals surface area contributed by atoms with Crippen molar-refractivity contribution < 1.29 is 14.3 Å². The summed E-state index contributed by atoms with van der Waals surface area (Å²) in [6, 6.07) is 0.342. The predicted octanol–water partition coefficient (Wildman–Crippen LogP) is 4.42. The van der Waals surface area contributed by atoms with Crippen molar-refractivity contribution in [3.63, 3.8) is 0 Å². The Morgan fingerprint density at radius 3 is 3.00 bits per heavy atom. The van der Waals surface area contributed by atoms with Gasteiger partial charge in [-0.3, -0.25) is 0 Å². The molecule has 0 N–H and O–H groups in total. The van der Waals surface area contributed by atoms with Crippen molar-refractivity contribution in [2.75, 3.05) is 20.3 Å². The second kappa shape index (κ2) is 6.12. The molecule has 3 atom stereocenters. The Balaban J connectivity index is 1.73. The zero-order valence-corrected chi connectivity index (χ0v) is 15.0. The van der Waals surface area contributed by atoms with Crippen molar-refractivity contribution in [2.45, 2.75) is 64.3 Å². The molecule has 4 heteroatoms. The van der Waals surface area contributed by atoms with Crippen LogP contribution in [0.4, 0.5) is 4.79 Å². The van der Waals surface area contributed by atoms with Gasteiger partial charge in [0.15, 0.2) is 0 Å². The molecule has 0 aromatic rings. The maximum atomic E-state index is 12.5. The van der Waals surface area contributed by atoms with Crippen molar-refractivity contribution in [1.29, 1.82) is 0 Å². The smallest absolute Gasteiger partial charge is 0.410 e. The number of hydrogen-bond acceptors (Lipinski definition) is 3. The molecule has 1 amide bonds. The fourth-order valence-corrected chi connectivity index (χ4v) is 5.86. The summed E-state index contributed by atoms with van der Waals surface area (Å²) in [4.78, 5) is 14.5. The Bertz CT molecular complexity index is 594. The molecule has 1 heterocycles. The van der Waals surface area contributed by atoms with Crippen LogP contribution in [0.2, 0.25) is 0 Å². The number of amides is 1. The summed E-state index contributed by atoms with van der Waals surface area (Å²) in [5.41, 5.74) is 3.44. The average Bonchev–Trinajstić information content (AvgIpc) is 2.61. The van der Waals surface area contributed by atoms with Crippen LogP contribution in [0.15, 0.2) is 23.0 Å². The van der Waals surface area contributed by atoms with E-state index in [1.165, 1.54) is 25.7 Å². The molecule has 1 saturated heterocycles. The number of nitrogens with zero attached hydrogens (tertiary/aromatic N) is 1. The van der Waals surface area contributed by atoms with Crippen LogP contribution >= 0.6 is 0 Å². The van der Waals surface area contributed by atoms with Gasteiger partial charge in [-0.1, -0.05) is 18.4 Å². The molecule has 24 heavy (non-hydrogen) atoms. The van der Waals surface area contributed by atoms with Crippen LogP contribution in [0.25, 0.3) is 0 Å². The second-order valence-electron chi connectivity index (χ2n) is 7.75. The first kappa shape index (κ1) is 16.0. The van der Waals surface area contributed by atoms with E-state index in [0.29, 0.717) is 18.6 Å². The summed E-state index contributed by atoms with van der Waals surface area (Å²) >= 11 is 0. The summed E-state index contributed by atoms with van der Waals surface area (Å²) in [6.07, 6.45) is 11.6. The number of ether oxygens (including phenoxy) is 2. The lowest BCUT2D eigenvalue weighted by Crippen LogP contribution is -2.60. The molecule has 1 aliphatic heterocycles. The number of carbonyl (C=O) groups is 1. The van der Waals surface area contributed by atoms with Crippen LogP contribution in [-0.4, -0.2) is 37.3 Å². The molecule has 4 aliphatic rings. The number of piperidine rings is 1. The zero-order valence-electron chi connectivity index (χ0n) is 15.0. The largest absolute Gasteiger partial charge is 0.501 e. The molecular formula is C20H29NO3. The summed E-state index contributed by atoms with van der Waals surface area (Å²) in [6.45, 7) is 3.20. The lowest BCUT2D eigenvalue weighted by Gasteiger charge is -2.59. The van der Waals surface area contributed by atoms with Gasteiger partial charge >= 0.3 is 6.09 Å². The Morgan fingerprint density at radius 1 is 1.33 bits per heavy atom. The minimum atomic E-state index is -0.102. The maximum absolute atomic E-state index is 12.5. The number of hydrogen-bond donors (Lipinski definition) is 0. The molecule has 0 aromatic heterocycles. The first-order chi connectivity index (χ1) is 11.7. The van der Waals surface area contributed by atoms with Gasteiger partial charge in [-0.05, 0) is 56.6 Å². The highest BCUT2D eigenvalue weighted by Gasteiger charge is 2.55. The average molecular weight is 331 g/mol. The van der Waals surface area contributed by atoms with E-state index in [-0.39, 0.29) is 11.5 Å². The molecule has 0 aromatic carbocycles. The number of rotatable bonds is 2. The fraction of sp³-hybridized carbons (Fsp3) is 0.750. The van der Waals surface area contributed by atoms with E-state index in [1.807, 2.05) is 6.92 Å². The van der Waals surface area contributed by atoms with E-state index in [1.54, 1.807) is 18.3 Å². The monoisotopic (exact) mass is 331 g/mol. The minimum Gasteiger partial charge on any atom is -0.501 e. The quantitative estimate of drug-likeness (QED) is 0.752. The van der Waals surface area contributed by atoms with E-state index in [4.69, 9.17) is 9.47 Å². The number of carbonyl (C=O) groups excluding carboxylic acids is 1.